The molecule has 106 valence electrons. The van der Waals surface area contributed by atoms with Gasteiger partial charge >= 0.3 is 0 Å². The zero-order valence-corrected chi connectivity index (χ0v) is 11.3. The summed E-state index contributed by atoms with van der Waals surface area (Å²) in [5, 5.41) is 22.9. The van der Waals surface area contributed by atoms with Crippen molar-refractivity contribution in [3.63, 3.8) is 0 Å². The number of benzene rings is 1. The molecule has 0 aromatic heterocycles. The van der Waals surface area contributed by atoms with Crippen molar-refractivity contribution in [2.45, 2.75) is 26.7 Å². The molecular formula is C14H16N2O4. The van der Waals surface area contributed by atoms with Gasteiger partial charge in [-0.3, -0.25) is 9.59 Å². The molecule has 0 unspecified atom stereocenters. The molecule has 0 fully saturated rings. The van der Waals surface area contributed by atoms with Crippen LogP contribution in [-0.4, -0.2) is 33.4 Å². The fourth-order valence-corrected chi connectivity index (χ4v) is 1.58. The molecule has 6 heteroatoms. The van der Waals surface area contributed by atoms with Crippen LogP contribution >= 0.6 is 0 Å². The van der Waals surface area contributed by atoms with E-state index in [1.165, 1.54) is 0 Å². The predicted octanol–water partition coefficient (Wildman–Crippen LogP) is 2.53. The first-order chi connectivity index (χ1) is 9.47. The number of carbonyl (C=O) groups is 2. The minimum atomic E-state index is -0.188. The smallest absolute Gasteiger partial charge is 0.168 e. The third-order valence-electron chi connectivity index (χ3n) is 2.70. The van der Waals surface area contributed by atoms with Gasteiger partial charge in [0.05, 0.1) is 24.3 Å². The molecule has 0 heterocycles. The van der Waals surface area contributed by atoms with Crippen molar-refractivity contribution in [3.05, 3.63) is 35.4 Å². The van der Waals surface area contributed by atoms with Crippen molar-refractivity contribution in [1.29, 1.82) is 0 Å². The lowest BCUT2D eigenvalue weighted by atomic mass is 10.0. The van der Waals surface area contributed by atoms with Crippen molar-refractivity contribution < 1.29 is 20.0 Å². The summed E-state index contributed by atoms with van der Waals surface area (Å²) >= 11 is 0. The Hall–Kier alpha value is -2.50. The molecule has 6 nitrogen and oxygen atoms in total. The Kier molecular flexibility index (Phi) is 5.58. The second kappa shape index (κ2) is 7.18. The van der Waals surface area contributed by atoms with E-state index in [1.54, 1.807) is 38.1 Å². The predicted molar refractivity (Wildman–Crippen MR) is 74.1 cm³/mol. The first-order valence-corrected chi connectivity index (χ1v) is 5.99. The highest BCUT2D eigenvalue weighted by atomic mass is 16.4. The highest BCUT2D eigenvalue weighted by Gasteiger charge is 2.11. The number of nitrogens with zero attached hydrogens (tertiary/aromatic N) is 2. The third-order valence-corrected chi connectivity index (χ3v) is 2.70. The monoisotopic (exact) mass is 276 g/mol. The van der Waals surface area contributed by atoms with E-state index in [2.05, 4.69) is 10.3 Å². The maximum atomic E-state index is 11.8. The van der Waals surface area contributed by atoms with Crippen molar-refractivity contribution >= 4 is 23.0 Å². The number of rotatable bonds is 6. The lowest BCUT2D eigenvalue weighted by Crippen LogP contribution is -2.08. The Morgan fingerprint density at radius 3 is 1.40 bits per heavy atom. The van der Waals surface area contributed by atoms with E-state index in [-0.39, 0.29) is 24.4 Å². The van der Waals surface area contributed by atoms with Gasteiger partial charge in [-0.2, -0.15) is 0 Å². The Morgan fingerprint density at radius 2 is 1.15 bits per heavy atom. The van der Waals surface area contributed by atoms with Crippen LogP contribution in [0.4, 0.5) is 0 Å². The molecule has 0 saturated carbocycles. The van der Waals surface area contributed by atoms with Crippen molar-refractivity contribution in [3.8, 4) is 0 Å². The van der Waals surface area contributed by atoms with E-state index < -0.39 is 0 Å². The lowest BCUT2D eigenvalue weighted by molar-refractivity contribution is 0.0987. The molecule has 0 bridgehead atoms. The Labute approximate surface area is 116 Å². The van der Waals surface area contributed by atoms with E-state index in [0.29, 0.717) is 22.6 Å². The van der Waals surface area contributed by atoms with Crippen LogP contribution < -0.4 is 0 Å². The third kappa shape index (κ3) is 4.31. The lowest BCUT2D eigenvalue weighted by Gasteiger charge is -2.03. The number of hydrogen-bond donors (Lipinski definition) is 2. The fourth-order valence-electron chi connectivity index (χ4n) is 1.58. The van der Waals surface area contributed by atoms with Crippen LogP contribution in [0.2, 0.25) is 0 Å². The number of ketones is 2. The van der Waals surface area contributed by atoms with Gasteiger partial charge in [0.15, 0.2) is 11.6 Å². The van der Waals surface area contributed by atoms with Crippen molar-refractivity contribution in [1.82, 2.24) is 0 Å². The molecule has 0 aliphatic carbocycles. The molecule has 0 aliphatic heterocycles. The van der Waals surface area contributed by atoms with Gasteiger partial charge in [-0.25, -0.2) is 0 Å². The topological polar surface area (TPSA) is 99.3 Å². The Balaban J connectivity index is 2.78. The molecule has 0 aliphatic rings. The normalized spacial score (nSPS) is 12.3. The maximum Gasteiger partial charge on any atom is 0.168 e. The van der Waals surface area contributed by atoms with Crippen LogP contribution in [0, 0.1) is 0 Å². The van der Waals surface area contributed by atoms with Gasteiger partial charge < -0.3 is 10.4 Å². The molecular weight excluding hydrogens is 260 g/mol. The number of hydrogen-bond acceptors (Lipinski definition) is 6. The summed E-state index contributed by atoms with van der Waals surface area (Å²) in [6.07, 6.45) is 0.0557. The molecule has 1 rings (SSSR count). The molecule has 2 N–H and O–H groups in total. The van der Waals surface area contributed by atoms with Crippen LogP contribution in [0.3, 0.4) is 0 Å². The van der Waals surface area contributed by atoms with Crippen LogP contribution in [0.5, 0.6) is 0 Å². The molecule has 0 spiro atoms. The summed E-state index contributed by atoms with van der Waals surface area (Å²) in [6.45, 7) is 3.10. The van der Waals surface area contributed by atoms with Crippen LogP contribution in [0.15, 0.2) is 34.6 Å². The zero-order valence-electron chi connectivity index (χ0n) is 11.3. The number of carbonyl (C=O) groups excluding carboxylic acids is 2. The molecule has 0 atom stereocenters. The average Bonchev–Trinajstić information content (AvgIpc) is 2.46. The second-order valence-corrected chi connectivity index (χ2v) is 4.45. The summed E-state index contributed by atoms with van der Waals surface area (Å²) < 4.78 is 0. The zero-order chi connectivity index (χ0) is 15.1. The quantitative estimate of drug-likeness (QED) is 0.361. The van der Waals surface area contributed by atoms with Gasteiger partial charge in [-0.05, 0) is 13.8 Å². The molecule has 0 saturated heterocycles. The van der Waals surface area contributed by atoms with Gasteiger partial charge in [0.1, 0.15) is 0 Å². The van der Waals surface area contributed by atoms with E-state index in [9.17, 15) is 9.59 Å². The average molecular weight is 276 g/mol. The highest BCUT2D eigenvalue weighted by molar-refractivity contribution is 6.11. The first-order valence-electron chi connectivity index (χ1n) is 5.99. The Morgan fingerprint density at radius 1 is 0.850 bits per heavy atom. The van der Waals surface area contributed by atoms with Gasteiger partial charge in [0.2, 0.25) is 0 Å². The summed E-state index contributed by atoms with van der Waals surface area (Å²) in [6, 6.07) is 6.19. The van der Waals surface area contributed by atoms with Crippen LogP contribution in [0.25, 0.3) is 0 Å². The van der Waals surface area contributed by atoms with Gasteiger partial charge in [0, 0.05) is 11.1 Å². The highest BCUT2D eigenvalue weighted by Crippen LogP contribution is 2.10. The molecule has 0 radical (unpaired) electrons. The van der Waals surface area contributed by atoms with E-state index in [4.69, 9.17) is 10.4 Å². The SMILES string of the molecule is CC(CC(=O)c1ccc(C(=O)CC(C)=NO)cc1)=NO. The van der Waals surface area contributed by atoms with E-state index in [0.717, 1.165) is 0 Å². The summed E-state index contributed by atoms with van der Waals surface area (Å²) in [4.78, 5) is 23.6. The largest absolute Gasteiger partial charge is 0.411 e. The molecule has 1 aromatic carbocycles. The fraction of sp³-hybridized carbons (Fsp3) is 0.286. The number of oxime groups is 2. The van der Waals surface area contributed by atoms with Gasteiger partial charge in [0.25, 0.3) is 0 Å². The molecule has 0 amide bonds. The van der Waals surface area contributed by atoms with Crippen LogP contribution in [-0.2, 0) is 0 Å². The number of Topliss-reactive ketones (excluding diaryl/α,β-unsaturated/α-hetero) is 2. The Bertz CT molecular complexity index is 508. The summed E-state index contributed by atoms with van der Waals surface area (Å²) in [5.41, 5.74) is 1.53. The van der Waals surface area contributed by atoms with Gasteiger partial charge in [-0.1, -0.05) is 34.6 Å². The summed E-state index contributed by atoms with van der Waals surface area (Å²) in [7, 11) is 0. The van der Waals surface area contributed by atoms with Crippen molar-refractivity contribution in [2.75, 3.05) is 0 Å². The standard InChI is InChI=1S/C14H16N2O4/c1-9(15-19)7-13(17)11-3-5-12(6-4-11)14(18)8-10(2)16-20/h3-6,19-20H,7-8H2,1-2H3. The van der Waals surface area contributed by atoms with Crippen molar-refractivity contribution in [2.24, 2.45) is 10.3 Å². The molecule has 1 aromatic rings. The minimum Gasteiger partial charge on any atom is -0.411 e. The van der Waals surface area contributed by atoms with E-state index in [1.807, 2.05) is 0 Å². The van der Waals surface area contributed by atoms with E-state index >= 15 is 0 Å². The maximum absolute atomic E-state index is 11.8. The summed E-state index contributed by atoms with van der Waals surface area (Å²) in [5.74, 6) is -0.375. The van der Waals surface area contributed by atoms with Gasteiger partial charge in [-0.15, -0.1) is 0 Å². The van der Waals surface area contributed by atoms with Crippen LogP contribution in [0.1, 0.15) is 47.4 Å². The molecule has 20 heavy (non-hydrogen) atoms. The first kappa shape index (κ1) is 15.6. The second-order valence-electron chi connectivity index (χ2n) is 4.45. The minimum absolute atomic E-state index is 0.0278.